The Morgan fingerprint density at radius 3 is 2.25 bits per heavy atom. The van der Waals surface area contributed by atoms with E-state index in [1.807, 2.05) is 18.2 Å². The molecule has 0 saturated carbocycles. The van der Waals surface area contributed by atoms with Crippen LogP contribution in [0.3, 0.4) is 0 Å². The van der Waals surface area contributed by atoms with Crippen molar-refractivity contribution in [1.29, 1.82) is 5.26 Å². The minimum absolute atomic E-state index is 0.0369. The van der Waals surface area contributed by atoms with Crippen LogP contribution in [0.2, 0.25) is 0 Å². The van der Waals surface area contributed by atoms with E-state index in [1.54, 1.807) is 24.3 Å². The third kappa shape index (κ3) is 3.06. The van der Waals surface area contributed by atoms with Crippen LogP contribution >= 0.6 is 0 Å². The van der Waals surface area contributed by atoms with Crippen LogP contribution < -0.4 is 0 Å². The van der Waals surface area contributed by atoms with Gasteiger partial charge in [-0.2, -0.15) is 5.26 Å². The van der Waals surface area contributed by atoms with Crippen LogP contribution in [0.4, 0.5) is 0 Å². The first-order valence-corrected chi connectivity index (χ1v) is 7.75. The number of esters is 1. The molecule has 6 heteroatoms. The highest BCUT2D eigenvalue weighted by atomic mass is 16.5. The molecule has 0 radical (unpaired) electrons. The van der Waals surface area contributed by atoms with E-state index in [9.17, 15) is 14.4 Å². The molecule has 1 aromatic carbocycles. The number of carbonyl (C=O) groups is 3. The lowest BCUT2D eigenvalue weighted by Gasteiger charge is -2.14. The second-order valence-corrected chi connectivity index (χ2v) is 5.89. The van der Waals surface area contributed by atoms with Gasteiger partial charge in [0.15, 0.2) is 0 Å². The lowest BCUT2D eigenvalue weighted by atomic mass is 9.85. The second-order valence-electron chi connectivity index (χ2n) is 5.89. The Morgan fingerprint density at radius 2 is 1.71 bits per heavy atom. The van der Waals surface area contributed by atoms with Gasteiger partial charge in [-0.3, -0.25) is 19.3 Å². The van der Waals surface area contributed by atoms with E-state index in [4.69, 9.17) is 10.00 Å². The Morgan fingerprint density at radius 1 is 1.12 bits per heavy atom. The molecule has 1 fully saturated rings. The minimum atomic E-state index is -0.618. The summed E-state index contributed by atoms with van der Waals surface area (Å²) in [6, 6.07) is 8.66. The summed E-state index contributed by atoms with van der Waals surface area (Å²) in [6.45, 7) is -0.309. The average molecular weight is 324 g/mol. The molecule has 0 unspecified atom stereocenters. The van der Waals surface area contributed by atoms with E-state index < -0.39 is 5.97 Å². The fourth-order valence-corrected chi connectivity index (χ4v) is 3.04. The van der Waals surface area contributed by atoms with Gasteiger partial charge in [-0.25, -0.2) is 0 Å². The van der Waals surface area contributed by atoms with Crippen LogP contribution in [-0.2, 0) is 25.7 Å². The molecular formula is C18H16N2O4. The molecular weight excluding hydrogens is 308 g/mol. The van der Waals surface area contributed by atoms with Gasteiger partial charge in [0.2, 0.25) is 11.8 Å². The molecule has 0 aromatic heterocycles. The van der Waals surface area contributed by atoms with Crippen LogP contribution in [0.15, 0.2) is 36.4 Å². The SMILES string of the molecule is N#Cc1ccc(COC(=O)CN2C(=O)[C@H]3CC=CC[C@@H]3C2=O)cc1. The summed E-state index contributed by atoms with van der Waals surface area (Å²) in [5.74, 6) is -1.87. The fourth-order valence-electron chi connectivity index (χ4n) is 3.04. The van der Waals surface area contributed by atoms with Gasteiger partial charge in [0.1, 0.15) is 13.2 Å². The van der Waals surface area contributed by atoms with Crippen molar-refractivity contribution < 1.29 is 19.1 Å². The van der Waals surface area contributed by atoms with Gasteiger partial charge in [0, 0.05) is 0 Å². The maximum Gasteiger partial charge on any atom is 0.326 e. The average Bonchev–Trinajstić information content (AvgIpc) is 2.86. The normalized spacial score (nSPS) is 22.2. The number of allylic oxidation sites excluding steroid dienone is 2. The summed E-state index contributed by atoms with van der Waals surface area (Å²) in [7, 11) is 0. The minimum Gasteiger partial charge on any atom is -0.459 e. The smallest absolute Gasteiger partial charge is 0.326 e. The molecule has 2 amide bonds. The van der Waals surface area contributed by atoms with E-state index in [0.717, 1.165) is 10.5 Å². The van der Waals surface area contributed by atoms with Gasteiger partial charge in [0.25, 0.3) is 0 Å². The zero-order valence-electron chi connectivity index (χ0n) is 13.0. The molecule has 24 heavy (non-hydrogen) atoms. The first-order chi connectivity index (χ1) is 11.6. The number of likely N-dealkylation sites (tertiary alicyclic amines) is 1. The number of imide groups is 1. The van der Waals surface area contributed by atoms with Crippen molar-refractivity contribution in [1.82, 2.24) is 4.90 Å². The predicted octanol–water partition coefficient (Wildman–Crippen LogP) is 1.55. The number of nitriles is 1. The van der Waals surface area contributed by atoms with E-state index in [2.05, 4.69) is 0 Å². The highest BCUT2D eigenvalue weighted by molar-refractivity contribution is 6.07. The third-order valence-electron chi connectivity index (χ3n) is 4.37. The van der Waals surface area contributed by atoms with Crippen molar-refractivity contribution in [3.8, 4) is 6.07 Å². The summed E-state index contributed by atoms with van der Waals surface area (Å²) in [4.78, 5) is 37.5. The first kappa shape index (κ1) is 15.9. The summed E-state index contributed by atoms with van der Waals surface area (Å²) in [5.41, 5.74) is 1.26. The molecule has 0 bridgehead atoms. The summed E-state index contributed by atoms with van der Waals surface area (Å²) in [5, 5.41) is 8.73. The highest BCUT2D eigenvalue weighted by Gasteiger charge is 2.47. The van der Waals surface area contributed by atoms with Crippen LogP contribution in [0.5, 0.6) is 0 Å². The van der Waals surface area contributed by atoms with Crippen molar-refractivity contribution in [3.63, 3.8) is 0 Å². The quantitative estimate of drug-likeness (QED) is 0.476. The van der Waals surface area contributed by atoms with E-state index in [1.165, 1.54) is 0 Å². The van der Waals surface area contributed by atoms with Crippen LogP contribution in [-0.4, -0.2) is 29.2 Å². The Labute approximate surface area is 139 Å². The molecule has 1 saturated heterocycles. The monoisotopic (exact) mass is 324 g/mol. The third-order valence-corrected chi connectivity index (χ3v) is 4.37. The molecule has 122 valence electrons. The molecule has 1 aliphatic carbocycles. The maximum atomic E-state index is 12.3. The molecule has 2 atom stereocenters. The number of carbonyl (C=O) groups excluding carboxylic acids is 3. The molecule has 1 heterocycles. The van der Waals surface area contributed by atoms with Crippen molar-refractivity contribution >= 4 is 17.8 Å². The molecule has 2 aliphatic rings. The molecule has 1 aromatic rings. The molecule has 3 rings (SSSR count). The van der Waals surface area contributed by atoms with E-state index in [0.29, 0.717) is 18.4 Å². The number of amides is 2. The number of fused-ring (bicyclic) bond motifs is 1. The summed E-state index contributed by atoms with van der Waals surface area (Å²) < 4.78 is 5.13. The van der Waals surface area contributed by atoms with Crippen molar-refractivity contribution in [2.45, 2.75) is 19.4 Å². The van der Waals surface area contributed by atoms with Crippen LogP contribution in [0, 0.1) is 23.2 Å². The van der Waals surface area contributed by atoms with E-state index >= 15 is 0 Å². The zero-order valence-corrected chi connectivity index (χ0v) is 13.0. The standard InChI is InChI=1S/C18H16N2O4/c19-9-12-5-7-13(8-6-12)11-24-16(21)10-20-17(22)14-3-1-2-4-15(14)18(20)23/h1-2,5-8,14-15H,3-4,10-11H2/t14-,15-/m0/s1. The van der Waals surface area contributed by atoms with E-state index in [-0.39, 0.29) is 36.8 Å². The number of benzene rings is 1. The Hall–Kier alpha value is -2.94. The number of hydrogen-bond donors (Lipinski definition) is 0. The largest absolute Gasteiger partial charge is 0.459 e. The second kappa shape index (κ2) is 6.67. The van der Waals surface area contributed by atoms with Crippen molar-refractivity contribution in [3.05, 3.63) is 47.5 Å². The van der Waals surface area contributed by atoms with Gasteiger partial charge in [-0.05, 0) is 30.5 Å². The lowest BCUT2D eigenvalue weighted by molar-refractivity contribution is -0.153. The molecule has 0 N–H and O–H groups in total. The number of nitrogens with zero attached hydrogens (tertiary/aromatic N) is 2. The Bertz CT molecular complexity index is 719. The fraction of sp³-hybridized carbons (Fsp3) is 0.333. The molecule has 0 spiro atoms. The highest BCUT2D eigenvalue weighted by Crippen LogP contribution is 2.34. The van der Waals surface area contributed by atoms with Crippen LogP contribution in [0.25, 0.3) is 0 Å². The predicted molar refractivity (Wildman–Crippen MR) is 83.0 cm³/mol. The zero-order chi connectivity index (χ0) is 17.1. The first-order valence-electron chi connectivity index (χ1n) is 7.75. The summed E-state index contributed by atoms with van der Waals surface area (Å²) >= 11 is 0. The van der Waals surface area contributed by atoms with Crippen molar-refractivity contribution in [2.75, 3.05) is 6.54 Å². The number of hydrogen-bond acceptors (Lipinski definition) is 5. The molecule has 1 aliphatic heterocycles. The number of ether oxygens (including phenoxy) is 1. The topological polar surface area (TPSA) is 87.5 Å². The Balaban J connectivity index is 1.56. The lowest BCUT2D eigenvalue weighted by Crippen LogP contribution is -2.36. The summed E-state index contributed by atoms with van der Waals surface area (Å²) in [6.07, 6.45) is 4.90. The van der Waals surface area contributed by atoms with Crippen molar-refractivity contribution in [2.24, 2.45) is 11.8 Å². The van der Waals surface area contributed by atoms with Gasteiger partial charge < -0.3 is 4.74 Å². The Kier molecular flexibility index (Phi) is 4.43. The maximum absolute atomic E-state index is 12.3. The van der Waals surface area contributed by atoms with Gasteiger partial charge >= 0.3 is 5.97 Å². The van der Waals surface area contributed by atoms with Gasteiger partial charge in [0.05, 0.1) is 23.5 Å². The van der Waals surface area contributed by atoms with Gasteiger partial charge in [-0.15, -0.1) is 0 Å². The molecule has 6 nitrogen and oxygen atoms in total. The number of rotatable bonds is 4. The van der Waals surface area contributed by atoms with Gasteiger partial charge in [-0.1, -0.05) is 24.3 Å². The van der Waals surface area contributed by atoms with Crippen LogP contribution in [0.1, 0.15) is 24.0 Å².